The molecule has 2 fully saturated rings. The Kier molecular flexibility index (Phi) is 7.20. The number of anilines is 1. The zero-order valence-corrected chi connectivity index (χ0v) is 22.8. The van der Waals surface area contributed by atoms with E-state index in [9.17, 15) is 29.8 Å². The van der Waals surface area contributed by atoms with Gasteiger partial charge < -0.3 is 44.9 Å². The summed E-state index contributed by atoms with van der Waals surface area (Å²) in [4.78, 5) is 55.3. The van der Waals surface area contributed by atoms with Crippen molar-refractivity contribution in [1.29, 1.82) is 0 Å². The maximum atomic E-state index is 16.0. The van der Waals surface area contributed by atoms with Crippen LogP contribution in [-0.2, 0) is 36.1 Å². The third-order valence-corrected chi connectivity index (χ3v) is 8.48. The fourth-order valence-electron chi connectivity index (χ4n) is 4.84. The second-order valence-corrected chi connectivity index (χ2v) is 12.3. The molecule has 2 unspecified atom stereocenters. The van der Waals surface area contributed by atoms with Gasteiger partial charge in [0.25, 0.3) is 11.1 Å². The topological polar surface area (TPSA) is 271 Å². The van der Waals surface area contributed by atoms with Gasteiger partial charge in [0.2, 0.25) is 11.7 Å². The molecule has 4 aromatic rings. The average molecular weight is 631 g/mol. The number of nitrogens with two attached hydrogens (primary N) is 1. The number of halogens is 1. The number of nitrogens with zero attached hydrogens (tertiary/aromatic N) is 6. The quantitative estimate of drug-likeness (QED) is 0.0960. The smallest absolute Gasteiger partial charge is 0.325 e. The van der Waals surface area contributed by atoms with Crippen LogP contribution in [0.1, 0.15) is 6.23 Å². The van der Waals surface area contributed by atoms with Crippen molar-refractivity contribution < 1.29 is 43.1 Å². The number of H-pyrrole nitrogens is 2. The molecule has 0 spiro atoms. The molecule has 22 heteroatoms. The number of nitrogens with one attached hydrogen (secondary N) is 2. The number of nitrogen functional groups attached to an aromatic ring is 1. The Labute approximate surface area is 236 Å². The molecule has 0 saturated carbocycles. The van der Waals surface area contributed by atoms with Gasteiger partial charge in [-0.25, -0.2) is 19.3 Å². The van der Waals surface area contributed by atoms with E-state index < -0.39 is 80.2 Å². The van der Waals surface area contributed by atoms with Crippen molar-refractivity contribution in [1.82, 2.24) is 39.0 Å². The summed E-state index contributed by atoms with van der Waals surface area (Å²) in [5.74, 6) is -2.84. The van der Waals surface area contributed by atoms with Gasteiger partial charge in [-0.05, 0) is 11.8 Å². The molecule has 6 rings (SSSR count). The van der Waals surface area contributed by atoms with Crippen LogP contribution in [0.4, 0.5) is 10.3 Å². The van der Waals surface area contributed by atoms with Crippen molar-refractivity contribution in [3.05, 3.63) is 39.7 Å². The fourth-order valence-corrected chi connectivity index (χ4v) is 6.26. The van der Waals surface area contributed by atoms with E-state index in [4.69, 9.17) is 36.1 Å². The summed E-state index contributed by atoms with van der Waals surface area (Å²) < 4.78 is 40.0. The van der Waals surface area contributed by atoms with E-state index in [2.05, 4.69) is 29.9 Å². The van der Waals surface area contributed by atoms with E-state index in [0.29, 0.717) is 0 Å². The molecule has 226 valence electrons. The summed E-state index contributed by atoms with van der Waals surface area (Å²) in [7, 11) is 0. The number of hydrogen-bond donors (Lipinski definition) is 7. The van der Waals surface area contributed by atoms with Crippen LogP contribution in [0.2, 0.25) is 0 Å². The molecule has 6 heterocycles. The van der Waals surface area contributed by atoms with E-state index in [1.165, 1.54) is 4.57 Å². The molecular weight excluding hydrogens is 608 g/mol. The Morgan fingerprint density at radius 3 is 2.69 bits per heavy atom. The minimum Gasteiger partial charge on any atom is -0.394 e. The minimum atomic E-state index is -4.29. The first-order valence-electron chi connectivity index (χ1n) is 12.2. The van der Waals surface area contributed by atoms with Crippen LogP contribution in [0.15, 0.2) is 28.6 Å². The van der Waals surface area contributed by atoms with E-state index in [1.807, 2.05) is 0 Å². The van der Waals surface area contributed by atoms with Crippen molar-refractivity contribution in [2.75, 3.05) is 25.6 Å². The number of aromatic amines is 2. The molecule has 0 radical (unpaired) electrons. The molecule has 4 aromatic heterocycles. The monoisotopic (exact) mass is 631 g/mol. The van der Waals surface area contributed by atoms with Crippen LogP contribution < -0.4 is 16.9 Å². The number of aromatic nitrogens is 8. The predicted molar refractivity (Wildman–Crippen MR) is 140 cm³/mol. The van der Waals surface area contributed by atoms with Crippen molar-refractivity contribution in [2.45, 2.75) is 42.5 Å². The highest BCUT2D eigenvalue weighted by atomic mass is 32.5. The zero-order chi connectivity index (χ0) is 30.0. The number of hydrogen-bond acceptors (Lipinski definition) is 15. The van der Waals surface area contributed by atoms with Crippen LogP contribution in [-0.4, -0.2) is 110 Å². The lowest BCUT2D eigenvalue weighted by Crippen LogP contribution is -2.43. The number of fused-ring (bicyclic) bond motifs is 2. The molecule has 2 saturated heterocycles. The van der Waals surface area contributed by atoms with Crippen molar-refractivity contribution in [3.8, 4) is 0 Å². The summed E-state index contributed by atoms with van der Waals surface area (Å²) in [5.41, 5.74) is 3.95. The van der Waals surface area contributed by atoms with Crippen molar-refractivity contribution in [3.63, 3.8) is 0 Å². The number of aliphatic hydroxyl groups excluding tert-OH is 3. The van der Waals surface area contributed by atoms with Gasteiger partial charge in [-0.2, -0.15) is 4.98 Å². The van der Waals surface area contributed by atoms with E-state index in [0.717, 1.165) is 23.5 Å². The Hall–Kier alpha value is -3.24. The fraction of sp³-hybridized carbons (Fsp3) is 0.500. The molecule has 2 aliphatic heterocycles. The predicted octanol–water partition coefficient (Wildman–Crippen LogP) is -2.91. The number of alkyl halides is 1. The van der Waals surface area contributed by atoms with E-state index in [1.54, 1.807) is 0 Å². The van der Waals surface area contributed by atoms with Gasteiger partial charge in [0.05, 0.1) is 25.9 Å². The van der Waals surface area contributed by atoms with Gasteiger partial charge in [-0.3, -0.25) is 28.2 Å². The molecule has 8 atom stereocenters. The maximum absolute atomic E-state index is 16.0. The van der Waals surface area contributed by atoms with Crippen LogP contribution in [0.25, 0.3) is 22.3 Å². The zero-order valence-electron chi connectivity index (χ0n) is 21.0. The molecular formula is C20H23FN9O10PS. The average Bonchev–Trinajstić information content (AvgIpc) is 3.70. The first-order chi connectivity index (χ1) is 19.9. The standard InChI is InChI=1S/C20H23FN9O10PS/c21-20(30-6-26-9-14(30)23-4-24-16(9)34)3-37-8(13(20)33)2-38-41(36,42)40-12-11(32)7(1-31)39-18(12)29-5-25-10-15(29)27-19(22)28-17(10)35/h4-8,11-13,18,31-33H,1-3H2,(H,36,42)(H,23,24,34)(H3,22,27,28,35)/t7-,8-,11-,12-,13-,18-,20?,41?/m1/s1. The molecule has 8 N–H and O–H groups in total. The summed E-state index contributed by atoms with van der Waals surface area (Å²) in [5, 5.41) is 31.2. The highest BCUT2D eigenvalue weighted by molar-refractivity contribution is 8.07. The lowest BCUT2D eigenvalue weighted by Gasteiger charge is -2.28. The van der Waals surface area contributed by atoms with Gasteiger partial charge >= 0.3 is 6.72 Å². The SMILES string of the molecule is Nc1nc2c(ncn2[C@@H]2O[C@H](CO)[C@@H](O)[C@H]2OP(O)(=S)OC[C@H]2OCC(F)(n3cnc4c(=O)[nH]cnc43)[C@@H]2O)c(=O)[nH]1. The van der Waals surface area contributed by atoms with E-state index in [-0.39, 0.29) is 28.3 Å². The maximum Gasteiger partial charge on any atom is 0.325 e. The largest absolute Gasteiger partial charge is 0.394 e. The highest BCUT2D eigenvalue weighted by Gasteiger charge is 2.53. The summed E-state index contributed by atoms with van der Waals surface area (Å²) in [6.07, 6.45) is -5.58. The Morgan fingerprint density at radius 2 is 1.93 bits per heavy atom. The van der Waals surface area contributed by atoms with E-state index >= 15 is 4.39 Å². The van der Waals surface area contributed by atoms with Crippen LogP contribution >= 0.6 is 6.72 Å². The molecule has 42 heavy (non-hydrogen) atoms. The molecule has 0 bridgehead atoms. The van der Waals surface area contributed by atoms with Crippen LogP contribution in [0.3, 0.4) is 0 Å². The van der Waals surface area contributed by atoms with Gasteiger partial charge in [0.15, 0.2) is 28.6 Å². The lowest BCUT2D eigenvalue weighted by molar-refractivity contribution is -0.0534. The Bertz CT molecular complexity index is 1820. The third-order valence-electron chi connectivity index (χ3n) is 6.92. The molecule has 19 nitrogen and oxygen atoms in total. The minimum absolute atomic E-state index is 0.0435. The Balaban J connectivity index is 1.19. The second kappa shape index (κ2) is 10.5. The van der Waals surface area contributed by atoms with Crippen LogP contribution in [0.5, 0.6) is 0 Å². The van der Waals surface area contributed by atoms with Gasteiger partial charge in [0, 0.05) is 0 Å². The first-order valence-corrected chi connectivity index (χ1v) is 14.7. The van der Waals surface area contributed by atoms with Crippen molar-refractivity contribution >= 4 is 46.8 Å². The van der Waals surface area contributed by atoms with Gasteiger partial charge in [0.1, 0.15) is 43.5 Å². The van der Waals surface area contributed by atoms with Gasteiger partial charge in [-0.1, -0.05) is 0 Å². The molecule has 0 aromatic carbocycles. The normalized spacial score (nSPS) is 31.3. The third kappa shape index (κ3) is 4.72. The molecule has 0 amide bonds. The molecule has 0 aliphatic carbocycles. The van der Waals surface area contributed by atoms with Gasteiger partial charge in [-0.15, -0.1) is 0 Å². The van der Waals surface area contributed by atoms with Crippen molar-refractivity contribution in [2.24, 2.45) is 0 Å². The summed E-state index contributed by atoms with van der Waals surface area (Å²) in [6, 6.07) is 0. The second-order valence-electron chi connectivity index (χ2n) is 9.48. The van der Waals surface area contributed by atoms with Crippen LogP contribution in [0, 0.1) is 0 Å². The summed E-state index contributed by atoms with van der Waals surface area (Å²) >= 11 is 5.10. The highest BCUT2D eigenvalue weighted by Crippen LogP contribution is 2.50. The first kappa shape index (κ1) is 28.9. The summed E-state index contributed by atoms with van der Waals surface area (Å²) in [6.45, 7) is -6.28. The Morgan fingerprint density at radius 1 is 1.19 bits per heavy atom. The number of rotatable bonds is 8. The number of imidazole rings is 2. The lowest BCUT2D eigenvalue weighted by atomic mass is 10.1. The number of ether oxygens (including phenoxy) is 2. The number of aliphatic hydroxyl groups is 3. The molecule has 2 aliphatic rings.